The first-order valence-electron chi connectivity index (χ1n) is 8.03. The zero-order chi connectivity index (χ0) is 16.7. The lowest BCUT2D eigenvalue weighted by molar-refractivity contribution is -0.120. The van der Waals surface area contributed by atoms with E-state index in [1.165, 1.54) is 0 Å². The Morgan fingerprint density at radius 2 is 1.91 bits per heavy atom. The van der Waals surface area contributed by atoms with Crippen molar-refractivity contribution in [3.63, 3.8) is 0 Å². The molecular weight excluding hydrogens is 289 g/mol. The summed E-state index contributed by atoms with van der Waals surface area (Å²) in [4.78, 5) is 11.6. The standard InChI is InChI=1S/C18H22BNO3/c1-17(2)18(3,4)23-19(22-17)15-7-5-6-13(12-15)8-9-14-10-11-20-16(14)21/h5-7,12,14H,10-11H2,1-4H3,(H,20,21). The van der Waals surface area contributed by atoms with Gasteiger partial charge < -0.3 is 14.6 Å². The van der Waals surface area contributed by atoms with Crippen LogP contribution < -0.4 is 10.8 Å². The van der Waals surface area contributed by atoms with Crippen molar-refractivity contribution in [2.24, 2.45) is 5.92 Å². The van der Waals surface area contributed by atoms with Crippen LogP contribution in [0.1, 0.15) is 39.7 Å². The molecule has 1 N–H and O–H groups in total. The second kappa shape index (κ2) is 5.70. The number of carbonyl (C=O) groups excluding carboxylic acids is 1. The minimum atomic E-state index is -0.392. The molecule has 1 unspecified atom stereocenters. The number of carbonyl (C=O) groups is 1. The van der Waals surface area contributed by atoms with E-state index in [0.29, 0.717) is 6.54 Å². The molecule has 1 atom stereocenters. The van der Waals surface area contributed by atoms with Crippen LogP contribution in [0, 0.1) is 17.8 Å². The zero-order valence-corrected chi connectivity index (χ0v) is 14.1. The summed E-state index contributed by atoms with van der Waals surface area (Å²) in [6.45, 7) is 8.86. The van der Waals surface area contributed by atoms with E-state index in [1.807, 2.05) is 52.0 Å². The summed E-state index contributed by atoms with van der Waals surface area (Å²) in [7, 11) is -0.392. The molecule has 2 saturated heterocycles. The molecular formula is C18H22BNO3. The molecule has 0 bridgehead atoms. The third-order valence-corrected chi connectivity index (χ3v) is 4.85. The topological polar surface area (TPSA) is 47.6 Å². The molecule has 120 valence electrons. The Morgan fingerprint density at radius 1 is 1.22 bits per heavy atom. The van der Waals surface area contributed by atoms with Crippen molar-refractivity contribution in [2.45, 2.75) is 45.3 Å². The van der Waals surface area contributed by atoms with Crippen LogP contribution in [-0.4, -0.2) is 30.8 Å². The van der Waals surface area contributed by atoms with Gasteiger partial charge in [-0.2, -0.15) is 0 Å². The van der Waals surface area contributed by atoms with Crippen molar-refractivity contribution in [3.05, 3.63) is 29.8 Å². The van der Waals surface area contributed by atoms with Gasteiger partial charge in [0.05, 0.1) is 11.2 Å². The first kappa shape index (κ1) is 16.1. The fourth-order valence-corrected chi connectivity index (χ4v) is 2.64. The van der Waals surface area contributed by atoms with E-state index in [9.17, 15) is 4.79 Å². The predicted octanol–water partition coefficient (Wildman–Crippen LogP) is 1.47. The second-order valence-electron chi connectivity index (χ2n) is 7.12. The summed E-state index contributed by atoms with van der Waals surface area (Å²) < 4.78 is 12.1. The number of benzene rings is 1. The SMILES string of the molecule is CC1(C)OB(c2cccc(C#CC3CCNC3=O)c2)OC1(C)C. The highest BCUT2D eigenvalue weighted by atomic mass is 16.7. The lowest BCUT2D eigenvalue weighted by Crippen LogP contribution is -2.41. The Balaban J connectivity index is 1.79. The number of hydrogen-bond acceptors (Lipinski definition) is 3. The third kappa shape index (κ3) is 3.15. The van der Waals surface area contributed by atoms with Crippen LogP contribution in [0.5, 0.6) is 0 Å². The van der Waals surface area contributed by atoms with Gasteiger partial charge >= 0.3 is 7.12 Å². The van der Waals surface area contributed by atoms with Gasteiger partial charge in [0.2, 0.25) is 5.91 Å². The lowest BCUT2D eigenvalue weighted by Gasteiger charge is -2.32. The van der Waals surface area contributed by atoms with E-state index in [4.69, 9.17) is 9.31 Å². The summed E-state index contributed by atoms with van der Waals surface area (Å²) in [5, 5.41) is 2.80. The predicted molar refractivity (Wildman–Crippen MR) is 90.2 cm³/mol. The fourth-order valence-electron chi connectivity index (χ4n) is 2.64. The van der Waals surface area contributed by atoms with Gasteiger partial charge in [-0.15, -0.1) is 0 Å². The van der Waals surface area contributed by atoms with Crippen molar-refractivity contribution < 1.29 is 14.1 Å². The monoisotopic (exact) mass is 311 g/mol. The summed E-state index contributed by atoms with van der Waals surface area (Å²) in [6.07, 6.45) is 0.781. The van der Waals surface area contributed by atoms with Crippen LogP contribution in [0.4, 0.5) is 0 Å². The van der Waals surface area contributed by atoms with E-state index in [0.717, 1.165) is 17.4 Å². The maximum absolute atomic E-state index is 11.6. The highest BCUT2D eigenvalue weighted by molar-refractivity contribution is 6.62. The van der Waals surface area contributed by atoms with Crippen molar-refractivity contribution >= 4 is 18.5 Å². The largest absolute Gasteiger partial charge is 0.494 e. The van der Waals surface area contributed by atoms with Crippen LogP contribution in [-0.2, 0) is 14.1 Å². The zero-order valence-electron chi connectivity index (χ0n) is 14.1. The Bertz CT molecular complexity index is 671. The number of nitrogens with one attached hydrogen (secondary N) is 1. The van der Waals surface area contributed by atoms with Gasteiger partial charge in [0, 0.05) is 12.1 Å². The van der Waals surface area contributed by atoms with Gasteiger partial charge in [-0.05, 0) is 51.7 Å². The molecule has 2 fully saturated rings. The molecule has 1 aromatic carbocycles. The van der Waals surface area contributed by atoms with E-state index >= 15 is 0 Å². The molecule has 23 heavy (non-hydrogen) atoms. The fraction of sp³-hybridized carbons (Fsp3) is 0.500. The number of amides is 1. The van der Waals surface area contributed by atoms with Gasteiger partial charge in [0.25, 0.3) is 0 Å². The molecule has 3 rings (SSSR count). The molecule has 2 heterocycles. The molecule has 0 radical (unpaired) electrons. The number of rotatable bonds is 1. The first-order chi connectivity index (χ1) is 10.8. The summed E-state index contributed by atoms with van der Waals surface area (Å²) in [5.41, 5.74) is 1.10. The van der Waals surface area contributed by atoms with Gasteiger partial charge in [-0.25, -0.2) is 0 Å². The van der Waals surface area contributed by atoms with Crippen LogP contribution in [0.25, 0.3) is 0 Å². The van der Waals surface area contributed by atoms with Gasteiger partial charge in [0.15, 0.2) is 0 Å². The second-order valence-corrected chi connectivity index (χ2v) is 7.12. The average Bonchev–Trinajstić information content (AvgIpc) is 2.98. The minimum absolute atomic E-state index is 0.0274. The van der Waals surface area contributed by atoms with Crippen molar-refractivity contribution in [2.75, 3.05) is 6.54 Å². The quantitative estimate of drug-likeness (QED) is 0.631. The third-order valence-electron chi connectivity index (χ3n) is 4.85. The number of hydrogen-bond donors (Lipinski definition) is 1. The van der Waals surface area contributed by atoms with Gasteiger partial charge in [-0.3, -0.25) is 4.79 Å². The highest BCUT2D eigenvalue weighted by Crippen LogP contribution is 2.36. The minimum Gasteiger partial charge on any atom is -0.399 e. The maximum Gasteiger partial charge on any atom is 0.494 e. The van der Waals surface area contributed by atoms with E-state index in [1.54, 1.807) is 0 Å². The Labute approximate surface area is 138 Å². The van der Waals surface area contributed by atoms with E-state index in [-0.39, 0.29) is 23.0 Å². The maximum atomic E-state index is 11.6. The van der Waals surface area contributed by atoms with Crippen LogP contribution in [0.2, 0.25) is 0 Å². The normalized spacial score (nSPS) is 25.0. The molecule has 0 aliphatic carbocycles. The van der Waals surface area contributed by atoms with Gasteiger partial charge in [-0.1, -0.05) is 24.0 Å². The van der Waals surface area contributed by atoms with Crippen LogP contribution >= 0.6 is 0 Å². The summed E-state index contributed by atoms with van der Waals surface area (Å²) in [6, 6.07) is 7.84. The summed E-state index contributed by atoms with van der Waals surface area (Å²) in [5.74, 6) is 5.98. The molecule has 0 aromatic heterocycles. The van der Waals surface area contributed by atoms with Crippen molar-refractivity contribution in [1.29, 1.82) is 0 Å². The lowest BCUT2D eigenvalue weighted by atomic mass is 9.78. The molecule has 4 nitrogen and oxygen atoms in total. The molecule has 2 aliphatic rings. The molecule has 0 saturated carbocycles. The average molecular weight is 311 g/mol. The Kier molecular flexibility index (Phi) is 3.99. The van der Waals surface area contributed by atoms with E-state index in [2.05, 4.69) is 17.2 Å². The first-order valence-corrected chi connectivity index (χ1v) is 8.03. The Hall–Kier alpha value is -1.77. The molecule has 2 aliphatic heterocycles. The van der Waals surface area contributed by atoms with Crippen molar-refractivity contribution in [3.8, 4) is 11.8 Å². The summed E-state index contributed by atoms with van der Waals surface area (Å²) >= 11 is 0. The van der Waals surface area contributed by atoms with Crippen LogP contribution in [0.3, 0.4) is 0 Å². The molecule has 1 aromatic rings. The molecule has 1 amide bonds. The molecule has 5 heteroatoms. The highest BCUT2D eigenvalue weighted by Gasteiger charge is 2.51. The van der Waals surface area contributed by atoms with Crippen molar-refractivity contribution in [1.82, 2.24) is 5.32 Å². The van der Waals surface area contributed by atoms with Crippen LogP contribution in [0.15, 0.2) is 24.3 Å². The van der Waals surface area contributed by atoms with E-state index < -0.39 is 7.12 Å². The van der Waals surface area contributed by atoms with Gasteiger partial charge in [0.1, 0.15) is 5.92 Å². The smallest absolute Gasteiger partial charge is 0.399 e. The molecule has 0 spiro atoms. The Morgan fingerprint density at radius 3 is 2.52 bits per heavy atom.